The number of hydrogen-bond acceptors (Lipinski definition) is 0. The third kappa shape index (κ3) is 1.77. The van der Waals surface area contributed by atoms with Gasteiger partial charge in [-0.15, -0.1) is 0 Å². The zero-order valence-electron chi connectivity index (χ0n) is 8.20. The van der Waals surface area contributed by atoms with E-state index in [2.05, 4.69) is 0 Å². The highest BCUT2D eigenvalue weighted by Crippen LogP contribution is 2.29. The molecule has 0 saturated heterocycles. The van der Waals surface area contributed by atoms with E-state index in [1.54, 1.807) is 6.08 Å². The SMILES string of the molecule is CC1=C(c2ccccc2)CC(F)C=C1. The van der Waals surface area contributed by atoms with Crippen LogP contribution in [-0.4, -0.2) is 6.17 Å². The van der Waals surface area contributed by atoms with Gasteiger partial charge >= 0.3 is 0 Å². The number of hydrogen-bond donors (Lipinski definition) is 0. The van der Waals surface area contributed by atoms with E-state index in [4.69, 9.17) is 0 Å². The molecule has 1 aliphatic rings. The number of halogens is 1. The number of allylic oxidation sites excluding steroid dienone is 4. The summed E-state index contributed by atoms with van der Waals surface area (Å²) in [6, 6.07) is 10.0. The minimum absolute atomic E-state index is 0.506. The Morgan fingerprint density at radius 3 is 2.64 bits per heavy atom. The molecule has 0 amide bonds. The van der Waals surface area contributed by atoms with Gasteiger partial charge in [-0.2, -0.15) is 0 Å². The van der Waals surface area contributed by atoms with Crippen molar-refractivity contribution >= 4 is 5.57 Å². The molecule has 72 valence electrons. The van der Waals surface area contributed by atoms with Gasteiger partial charge in [0.25, 0.3) is 0 Å². The van der Waals surface area contributed by atoms with E-state index in [1.165, 1.54) is 5.57 Å². The van der Waals surface area contributed by atoms with Crippen LogP contribution in [0.15, 0.2) is 48.1 Å². The van der Waals surface area contributed by atoms with E-state index in [0.717, 1.165) is 11.1 Å². The predicted molar refractivity (Wildman–Crippen MR) is 57.7 cm³/mol. The molecule has 0 spiro atoms. The summed E-state index contributed by atoms with van der Waals surface area (Å²) in [7, 11) is 0. The fraction of sp³-hybridized carbons (Fsp3) is 0.231. The largest absolute Gasteiger partial charge is 0.243 e. The van der Waals surface area contributed by atoms with Gasteiger partial charge in [0, 0.05) is 6.42 Å². The Labute approximate surface area is 83.8 Å². The Morgan fingerprint density at radius 2 is 1.93 bits per heavy atom. The molecule has 1 aromatic carbocycles. The van der Waals surface area contributed by atoms with Gasteiger partial charge in [-0.25, -0.2) is 4.39 Å². The number of alkyl halides is 1. The van der Waals surface area contributed by atoms with Crippen molar-refractivity contribution in [1.29, 1.82) is 0 Å². The fourth-order valence-electron chi connectivity index (χ4n) is 1.76. The van der Waals surface area contributed by atoms with E-state index in [9.17, 15) is 4.39 Å². The Bertz CT molecular complexity index is 373. The standard InChI is InChI=1S/C13H13F/c1-10-7-8-12(14)9-13(10)11-5-3-2-4-6-11/h2-8,12H,9H2,1H3. The molecule has 1 aromatic rings. The van der Waals surface area contributed by atoms with Gasteiger partial charge in [0.1, 0.15) is 6.17 Å². The molecule has 0 bridgehead atoms. The molecule has 0 aliphatic heterocycles. The lowest BCUT2D eigenvalue weighted by molar-refractivity contribution is 0.405. The van der Waals surface area contributed by atoms with E-state index in [1.807, 2.05) is 43.3 Å². The molecule has 0 radical (unpaired) electrons. The fourth-order valence-corrected chi connectivity index (χ4v) is 1.76. The summed E-state index contributed by atoms with van der Waals surface area (Å²) in [4.78, 5) is 0. The third-order valence-electron chi connectivity index (χ3n) is 2.55. The summed E-state index contributed by atoms with van der Waals surface area (Å²) in [6.07, 6.45) is 3.18. The summed E-state index contributed by atoms with van der Waals surface area (Å²) < 4.78 is 13.2. The van der Waals surface area contributed by atoms with Crippen molar-refractivity contribution in [3.8, 4) is 0 Å². The smallest absolute Gasteiger partial charge is 0.123 e. The van der Waals surface area contributed by atoms with Crippen LogP contribution in [0.25, 0.3) is 5.57 Å². The lowest BCUT2D eigenvalue weighted by atomic mass is 9.92. The highest BCUT2D eigenvalue weighted by molar-refractivity contribution is 5.72. The highest BCUT2D eigenvalue weighted by atomic mass is 19.1. The molecule has 1 aliphatic carbocycles. The predicted octanol–water partition coefficient (Wildman–Crippen LogP) is 3.76. The molecule has 0 heterocycles. The van der Waals surface area contributed by atoms with Gasteiger partial charge in [0.2, 0.25) is 0 Å². The lowest BCUT2D eigenvalue weighted by Crippen LogP contribution is -2.03. The average Bonchev–Trinajstić information content (AvgIpc) is 2.23. The maximum atomic E-state index is 13.2. The maximum Gasteiger partial charge on any atom is 0.123 e. The van der Waals surface area contributed by atoms with Crippen molar-refractivity contribution in [2.45, 2.75) is 19.5 Å². The summed E-state index contributed by atoms with van der Waals surface area (Å²) in [5, 5.41) is 0. The van der Waals surface area contributed by atoms with Crippen molar-refractivity contribution < 1.29 is 4.39 Å². The Morgan fingerprint density at radius 1 is 1.21 bits per heavy atom. The van der Waals surface area contributed by atoms with E-state index in [0.29, 0.717) is 6.42 Å². The Kier molecular flexibility index (Phi) is 2.49. The van der Waals surface area contributed by atoms with Gasteiger partial charge < -0.3 is 0 Å². The first-order valence-electron chi connectivity index (χ1n) is 4.85. The quantitative estimate of drug-likeness (QED) is 0.629. The molecule has 1 heteroatoms. The Balaban J connectivity index is 2.39. The van der Waals surface area contributed by atoms with Crippen molar-refractivity contribution in [1.82, 2.24) is 0 Å². The summed E-state index contributed by atoms with van der Waals surface area (Å²) in [5.74, 6) is 0. The van der Waals surface area contributed by atoms with Crippen LogP contribution < -0.4 is 0 Å². The van der Waals surface area contributed by atoms with E-state index < -0.39 is 6.17 Å². The second-order valence-electron chi connectivity index (χ2n) is 3.61. The normalized spacial score (nSPS) is 21.4. The maximum absolute atomic E-state index is 13.2. The molecule has 1 atom stereocenters. The van der Waals surface area contributed by atoms with E-state index in [-0.39, 0.29) is 0 Å². The molecule has 14 heavy (non-hydrogen) atoms. The summed E-state index contributed by atoms with van der Waals surface area (Å²) >= 11 is 0. The lowest BCUT2D eigenvalue weighted by Gasteiger charge is -2.16. The molecular weight excluding hydrogens is 175 g/mol. The average molecular weight is 188 g/mol. The van der Waals surface area contributed by atoms with Gasteiger partial charge in [-0.1, -0.05) is 42.5 Å². The molecule has 0 fully saturated rings. The van der Waals surface area contributed by atoms with Crippen LogP contribution in [0.5, 0.6) is 0 Å². The third-order valence-corrected chi connectivity index (χ3v) is 2.55. The molecule has 0 N–H and O–H groups in total. The molecular formula is C13H13F. The first-order chi connectivity index (χ1) is 6.77. The van der Waals surface area contributed by atoms with Crippen LogP contribution in [0.3, 0.4) is 0 Å². The van der Waals surface area contributed by atoms with Crippen LogP contribution >= 0.6 is 0 Å². The number of benzene rings is 1. The minimum Gasteiger partial charge on any atom is -0.243 e. The molecule has 1 unspecified atom stereocenters. The Hall–Kier alpha value is -1.37. The van der Waals surface area contributed by atoms with Crippen molar-refractivity contribution in [2.24, 2.45) is 0 Å². The number of rotatable bonds is 1. The second-order valence-corrected chi connectivity index (χ2v) is 3.61. The van der Waals surface area contributed by atoms with Gasteiger partial charge in [-0.3, -0.25) is 0 Å². The topological polar surface area (TPSA) is 0 Å². The van der Waals surface area contributed by atoms with Crippen LogP contribution in [-0.2, 0) is 0 Å². The van der Waals surface area contributed by atoms with Crippen molar-refractivity contribution in [3.63, 3.8) is 0 Å². The summed E-state index contributed by atoms with van der Waals surface area (Å²) in [6.45, 7) is 2.03. The highest BCUT2D eigenvalue weighted by Gasteiger charge is 2.14. The van der Waals surface area contributed by atoms with Gasteiger partial charge in [0.15, 0.2) is 0 Å². The second kappa shape index (κ2) is 3.79. The van der Waals surface area contributed by atoms with Crippen molar-refractivity contribution in [2.75, 3.05) is 0 Å². The monoisotopic (exact) mass is 188 g/mol. The summed E-state index contributed by atoms with van der Waals surface area (Å²) in [5.41, 5.74) is 3.43. The first-order valence-corrected chi connectivity index (χ1v) is 4.85. The van der Waals surface area contributed by atoms with Crippen LogP contribution in [0.4, 0.5) is 4.39 Å². The van der Waals surface area contributed by atoms with E-state index >= 15 is 0 Å². The minimum atomic E-state index is -0.825. The van der Waals surface area contributed by atoms with Crippen LogP contribution in [0.1, 0.15) is 18.9 Å². The van der Waals surface area contributed by atoms with Crippen LogP contribution in [0.2, 0.25) is 0 Å². The molecule has 0 saturated carbocycles. The van der Waals surface area contributed by atoms with Gasteiger partial charge in [-0.05, 0) is 23.6 Å². The zero-order chi connectivity index (χ0) is 9.97. The molecule has 0 aromatic heterocycles. The zero-order valence-corrected chi connectivity index (χ0v) is 8.20. The van der Waals surface area contributed by atoms with Crippen molar-refractivity contribution in [3.05, 3.63) is 53.6 Å². The van der Waals surface area contributed by atoms with Gasteiger partial charge in [0.05, 0.1) is 0 Å². The van der Waals surface area contributed by atoms with Crippen LogP contribution in [0, 0.1) is 0 Å². The molecule has 0 nitrogen and oxygen atoms in total. The first kappa shape index (κ1) is 9.20. The molecule has 2 rings (SSSR count).